The van der Waals surface area contributed by atoms with E-state index in [2.05, 4.69) is 5.32 Å². The van der Waals surface area contributed by atoms with Crippen LogP contribution in [0.3, 0.4) is 0 Å². The van der Waals surface area contributed by atoms with Crippen LogP contribution in [0.15, 0.2) is 17.5 Å². The minimum Gasteiger partial charge on any atom is -0.347 e. The zero-order valence-electron chi connectivity index (χ0n) is 12.3. The van der Waals surface area contributed by atoms with Crippen LogP contribution in [-0.4, -0.2) is 29.3 Å². The molecule has 0 radical (unpaired) electrons. The van der Waals surface area contributed by atoms with Crippen molar-refractivity contribution >= 4 is 23.2 Å². The Balaban J connectivity index is 2.06. The number of amides is 2. The van der Waals surface area contributed by atoms with Crippen LogP contribution in [0.2, 0.25) is 0 Å². The second-order valence-corrected chi connectivity index (χ2v) is 6.60. The molecule has 20 heavy (non-hydrogen) atoms. The maximum Gasteiger partial charge on any atom is 0.243 e. The van der Waals surface area contributed by atoms with Crippen molar-refractivity contribution in [2.24, 2.45) is 5.92 Å². The summed E-state index contributed by atoms with van der Waals surface area (Å²) < 4.78 is 0. The van der Waals surface area contributed by atoms with Crippen LogP contribution in [0.25, 0.3) is 0 Å². The van der Waals surface area contributed by atoms with Gasteiger partial charge in [-0.25, -0.2) is 0 Å². The predicted octanol–water partition coefficient (Wildman–Crippen LogP) is 2.57. The van der Waals surface area contributed by atoms with Gasteiger partial charge in [-0.1, -0.05) is 19.9 Å². The van der Waals surface area contributed by atoms with E-state index in [0.29, 0.717) is 13.0 Å². The lowest BCUT2D eigenvalue weighted by Gasteiger charge is -2.30. The molecule has 1 aliphatic heterocycles. The third kappa shape index (κ3) is 3.20. The molecule has 110 valence electrons. The first-order valence-corrected chi connectivity index (χ1v) is 8.02. The van der Waals surface area contributed by atoms with Gasteiger partial charge in [0.15, 0.2) is 0 Å². The Labute approximate surface area is 124 Å². The molecule has 1 aromatic rings. The molecule has 1 aliphatic rings. The van der Waals surface area contributed by atoms with E-state index in [-0.39, 0.29) is 29.8 Å². The number of rotatable bonds is 5. The maximum absolute atomic E-state index is 12.5. The number of hydrogen-bond acceptors (Lipinski definition) is 3. The second kappa shape index (κ2) is 6.39. The molecular weight excluding hydrogens is 272 g/mol. The Morgan fingerprint density at radius 3 is 2.65 bits per heavy atom. The van der Waals surface area contributed by atoms with Gasteiger partial charge in [0.25, 0.3) is 0 Å². The Morgan fingerprint density at radius 1 is 1.40 bits per heavy atom. The Bertz CT molecular complexity index is 470. The molecule has 0 aromatic carbocycles. The highest BCUT2D eigenvalue weighted by Gasteiger charge is 2.35. The van der Waals surface area contributed by atoms with Gasteiger partial charge in [0, 0.05) is 17.8 Å². The molecule has 0 unspecified atom stereocenters. The first-order chi connectivity index (χ1) is 9.50. The molecule has 2 atom stereocenters. The minimum absolute atomic E-state index is 0.0125. The molecule has 0 saturated carbocycles. The summed E-state index contributed by atoms with van der Waals surface area (Å²) in [6.07, 6.45) is 1.42. The first kappa shape index (κ1) is 15.0. The number of nitrogens with one attached hydrogen (secondary N) is 1. The molecule has 1 fully saturated rings. The third-order valence-electron chi connectivity index (χ3n) is 3.67. The van der Waals surface area contributed by atoms with Crippen molar-refractivity contribution < 1.29 is 9.59 Å². The molecule has 0 aliphatic carbocycles. The average Bonchev–Trinajstić information content (AvgIpc) is 3.01. The number of likely N-dealkylation sites (tertiary alicyclic amines) is 1. The Kier molecular flexibility index (Phi) is 4.81. The maximum atomic E-state index is 12.5. The van der Waals surface area contributed by atoms with Gasteiger partial charge in [-0.2, -0.15) is 0 Å². The minimum atomic E-state index is -0.354. The van der Waals surface area contributed by atoms with Gasteiger partial charge in [0.05, 0.1) is 6.04 Å². The van der Waals surface area contributed by atoms with Crippen LogP contribution in [-0.2, 0) is 9.59 Å². The molecule has 2 heterocycles. The van der Waals surface area contributed by atoms with E-state index in [9.17, 15) is 9.59 Å². The number of carbonyl (C=O) groups excluding carboxylic acids is 2. The molecule has 5 heteroatoms. The quantitative estimate of drug-likeness (QED) is 0.907. The summed E-state index contributed by atoms with van der Waals surface area (Å²) in [5.41, 5.74) is 0. The first-order valence-electron chi connectivity index (χ1n) is 7.14. The van der Waals surface area contributed by atoms with Crippen molar-refractivity contribution in [3.8, 4) is 0 Å². The molecule has 2 rings (SSSR count). The zero-order chi connectivity index (χ0) is 14.7. The van der Waals surface area contributed by atoms with Gasteiger partial charge < -0.3 is 10.2 Å². The van der Waals surface area contributed by atoms with Crippen LogP contribution in [0.4, 0.5) is 0 Å². The SMILES string of the molecule is CC(C)[C@@H](C(=O)N[C@@H](C)c1cccs1)N1CCCC1=O. The van der Waals surface area contributed by atoms with Crippen LogP contribution in [0, 0.1) is 5.92 Å². The summed E-state index contributed by atoms with van der Waals surface area (Å²) in [5.74, 6) is 0.173. The topological polar surface area (TPSA) is 49.4 Å². The summed E-state index contributed by atoms with van der Waals surface area (Å²) in [7, 11) is 0. The van der Waals surface area contributed by atoms with E-state index in [0.717, 1.165) is 11.3 Å². The average molecular weight is 294 g/mol. The van der Waals surface area contributed by atoms with Crippen LogP contribution >= 0.6 is 11.3 Å². The van der Waals surface area contributed by atoms with E-state index in [1.165, 1.54) is 0 Å². The molecule has 1 aromatic heterocycles. The van der Waals surface area contributed by atoms with Gasteiger partial charge in [0.2, 0.25) is 11.8 Å². The summed E-state index contributed by atoms with van der Waals surface area (Å²) in [6, 6.07) is 3.63. The highest BCUT2D eigenvalue weighted by Crippen LogP contribution is 2.22. The molecule has 1 N–H and O–H groups in total. The van der Waals surface area contributed by atoms with E-state index < -0.39 is 0 Å². The third-order valence-corrected chi connectivity index (χ3v) is 4.73. The summed E-state index contributed by atoms with van der Waals surface area (Å²) in [4.78, 5) is 27.3. The number of nitrogens with zero attached hydrogens (tertiary/aromatic N) is 1. The van der Waals surface area contributed by atoms with Gasteiger partial charge in [0.1, 0.15) is 6.04 Å². The van der Waals surface area contributed by atoms with E-state index >= 15 is 0 Å². The van der Waals surface area contributed by atoms with Gasteiger partial charge in [-0.05, 0) is 30.7 Å². The van der Waals surface area contributed by atoms with Crippen LogP contribution < -0.4 is 5.32 Å². The highest BCUT2D eigenvalue weighted by atomic mass is 32.1. The molecular formula is C15H22N2O2S. The van der Waals surface area contributed by atoms with Crippen molar-refractivity contribution in [3.05, 3.63) is 22.4 Å². The van der Waals surface area contributed by atoms with Crippen molar-refractivity contribution in [2.75, 3.05) is 6.54 Å². The van der Waals surface area contributed by atoms with E-state index in [4.69, 9.17) is 0 Å². The van der Waals surface area contributed by atoms with Gasteiger partial charge in [-0.15, -0.1) is 11.3 Å². The van der Waals surface area contributed by atoms with E-state index in [1.54, 1.807) is 16.2 Å². The fourth-order valence-electron chi connectivity index (χ4n) is 2.67. The highest BCUT2D eigenvalue weighted by molar-refractivity contribution is 7.10. The standard InChI is InChI=1S/C15H22N2O2S/c1-10(2)14(17-8-4-7-13(17)18)15(19)16-11(3)12-6-5-9-20-12/h5-6,9-11,14H,4,7-8H2,1-3H3,(H,16,19)/t11-,14-/m0/s1. The van der Waals surface area contributed by atoms with Crippen molar-refractivity contribution in [3.63, 3.8) is 0 Å². The van der Waals surface area contributed by atoms with Crippen LogP contribution in [0.1, 0.15) is 44.5 Å². The summed E-state index contributed by atoms with van der Waals surface area (Å²) >= 11 is 1.63. The lowest BCUT2D eigenvalue weighted by Crippen LogP contribution is -2.50. The molecule has 0 bridgehead atoms. The monoisotopic (exact) mass is 294 g/mol. The molecule has 0 spiro atoms. The van der Waals surface area contributed by atoms with Crippen molar-refractivity contribution in [1.82, 2.24) is 10.2 Å². The van der Waals surface area contributed by atoms with Crippen molar-refractivity contribution in [2.45, 2.75) is 45.7 Å². The normalized spacial score (nSPS) is 18.4. The summed E-state index contributed by atoms with van der Waals surface area (Å²) in [5, 5.41) is 5.04. The van der Waals surface area contributed by atoms with Gasteiger partial charge >= 0.3 is 0 Å². The fourth-order valence-corrected chi connectivity index (χ4v) is 3.41. The second-order valence-electron chi connectivity index (χ2n) is 5.63. The zero-order valence-corrected chi connectivity index (χ0v) is 13.1. The number of hydrogen-bond donors (Lipinski definition) is 1. The van der Waals surface area contributed by atoms with E-state index in [1.807, 2.05) is 38.3 Å². The van der Waals surface area contributed by atoms with Crippen molar-refractivity contribution in [1.29, 1.82) is 0 Å². The molecule has 4 nitrogen and oxygen atoms in total. The number of thiophene rings is 1. The largest absolute Gasteiger partial charge is 0.347 e. The van der Waals surface area contributed by atoms with Crippen LogP contribution in [0.5, 0.6) is 0 Å². The molecule has 1 saturated heterocycles. The van der Waals surface area contributed by atoms with Gasteiger partial charge in [-0.3, -0.25) is 9.59 Å². The lowest BCUT2D eigenvalue weighted by atomic mass is 10.0. The smallest absolute Gasteiger partial charge is 0.243 e. The predicted molar refractivity (Wildman–Crippen MR) is 80.4 cm³/mol. The molecule has 2 amide bonds. The Morgan fingerprint density at radius 2 is 2.15 bits per heavy atom. The summed E-state index contributed by atoms with van der Waals surface area (Å²) in [6.45, 7) is 6.66. The Hall–Kier alpha value is -1.36. The fraction of sp³-hybridized carbons (Fsp3) is 0.600. The lowest BCUT2D eigenvalue weighted by molar-refractivity contribution is -0.139. The number of carbonyl (C=O) groups is 2.